The van der Waals surface area contributed by atoms with Gasteiger partial charge in [0.05, 0.1) is 6.10 Å². The molecule has 1 aromatic carbocycles. The van der Waals surface area contributed by atoms with Crippen LogP contribution in [-0.4, -0.2) is 11.2 Å². The van der Waals surface area contributed by atoms with Crippen LogP contribution in [0.15, 0.2) is 18.2 Å². The monoisotopic (exact) mass is 214 g/mol. The molecule has 1 aromatic rings. The van der Waals surface area contributed by atoms with E-state index in [1.165, 1.54) is 12.1 Å². The molecule has 1 N–H and O–H groups in total. The van der Waals surface area contributed by atoms with Gasteiger partial charge in [0.2, 0.25) is 0 Å². The molecule has 0 spiro atoms. The van der Waals surface area contributed by atoms with E-state index in [9.17, 15) is 13.9 Å². The van der Waals surface area contributed by atoms with Gasteiger partial charge in [0, 0.05) is 12.0 Å². The molecule has 1 nitrogen and oxygen atoms in total. The van der Waals surface area contributed by atoms with Crippen molar-refractivity contribution >= 4 is 0 Å². The normalized spacial score (nSPS) is 15.0. The molecule has 0 saturated carbocycles. The summed E-state index contributed by atoms with van der Waals surface area (Å²) in [5.74, 6) is -1.48. The van der Waals surface area contributed by atoms with Crippen molar-refractivity contribution in [2.75, 3.05) is 0 Å². The summed E-state index contributed by atoms with van der Waals surface area (Å²) < 4.78 is 26.0. The van der Waals surface area contributed by atoms with E-state index in [0.29, 0.717) is 12.0 Å². The smallest absolute Gasteiger partial charge is 0.129 e. The average Bonchev–Trinajstić information content (AvgIpc) is 2.17. The lowest BCUT2D eigenvalue weighted by atomic mass is 9.92. The van der Waals surface area contributed by atoms with E-state index in [2.05, 4.69) is 0 Å². The van der Waals surface area contributed by atoms with Crippen LogP contribution in [0.5, 0.6) is 0 Å². The van der Waals surface area contributed by atoms with Gasteiger partial charge in [0.1, 0.15) is 11.6 Å². The van der Waals surface area contributed by atoms with Crippen molar-refractivity contribution < 1.29 is 13.9 Å². The Morgan fingerprint density at radius 2 is 2.00 bits per heavy atom. The minimum Gasteiger partial charge on any atom is -0.393 e. The SMILES string of the molecule is CCCC(O)C(C)c1ccc(F)cc1F. The van der Waals surface area contributed by atoms with E-state index in [0.717, 1.165) is 12.5 Å². The molecule has 0 aliphatic heterocycles. The molecule has 2 atom stereocenters. The molecule has 84 valence electrons. The van der Waals surface area contributed by atoms with Crippen molar-refractivity contribution in [3.05, 3.63) is 35.4 Å². The number of hydrogen-bond acceptors (Lipinski definition) is 1. The standard InChI is InChI=1S/C12H16F2O/c1-3-4-12(15)8(2)10-6-5-9(13)7-11(10)14/h5-8,12,15H,3-4H2,1-2H3. The van der Waals surface area contributed by atoms with Crippen LogP contribution in [0.4, 0.5) is 8.78 Å². The highest BCUT2D eigenvalue weighted by atomic mass is 19.1. The van der Waals surface area contributed by atoms with E-state index in [-0.39, 0.29) is 5.92 Å². The summed E-state index contributed by atoms with van der Waals surface area (Å²) in [7, 11) is 0. The van der Waals surface area contributed by atoms with Crippen LogP contribution in [0, 0.1) is 11.6 Å². The van der Waals surface area contributed by atoms with Crippen LogP contribution in [0.2, 0.25) is 0 Å². The molecule has 0 heterocycles. The van der Waals surface area contributed by atoms with Crippen molar-refractivity contribution in [2.24, 2.45) is 0 Å². The highest BCUT2D eigenvalue weighted by Gasteiger charge is 2.18. The molecule has 0 fully saturated rings. The first-order chi connectivity index (χ1) is 7.06. The third kappa shape index (κ3) is 2.99. The highest BCUT2D eigenvalue weighted by molar-refractivity contribution is 5.23. The van der Waals surface area contributed by atoms with E-state index >= 15 is 0 Å². The maximum Gasteiger partial charge on any atom is 0.129 e. The van der Waals surface area contributed by atoms with Crippen LogP contribution in [0.3, 0.4) is 0 Å². The summed E-state index contributed by atoms with van der Waals surface area (Å²) in [6, 6.07) is 3.46. The third-order valence-corrected chi connectivity index (χ3v) is 2.61. The van der Waals surface area contributed by atoms with Gasteiger partial charge in [-0.25, -0.2) is 8.78 Å². The van der Waals surface area contributed by atoms with Gasteiger partial charge in [0.25, 0.3) is 0 Å². The second kappa shape index (κ2) is 5.21. The Bertz CT molecular complexity index is 325. The van der Waals surface area contributed by atoms with Gasteiger partial charge < -0.3 is 5.11 Å². The zero-order chi connectivity index (χ0) is 11.4. The van der Waals surface area contributed by atoms with Gasteiger partial charge in [-0.2, -0.15) is 0 Å². The molecule has 1 rings (SSSR count). The number of benzene rings is 1. The largest absolute Gasteiger partial charge is 0.393 e. The van der Waals surface area contributed by atoms with Crippen molar-refractivity contribution in [3.8, 4) is 0 Å². The van der Waals surface area contributed by atoms with E-state index < -0.39 is 17.7 Å². The second-order valence-corrected chi connectivity index (χ2v) is 3.81. The first kappa shape index (κ1) is 12.1. The quantitative estimate of drug-likeness (QED) is 0.815. The van der Waals surface area contributed by atoms with Crippen LogP contribution in [0.25, 0.3) is 0 Å². The molecule has 3 heteroatoms. The summed E-state index contributed by atoms with van der Waals surface area (Å²) in [6.07, 6.45) is 0.890. The fourth-order valence-corrected chi connectivity index (χ4v) is 1.62. The molecule has 0 aliphatic carbocycles. The number of halogens is 2. The lowest BCUT2D eigenvalue weighted by Crippen LogP contribution is -2.16. The predicted octanol–water partition coefficient (Wildman–Crippen LogP) is 3.23. The lowest BCUT2D eigenvalue weighted by molar-refractivity contribution is 0.137. The Kier molecular flexibility index (Phi) is 4.21. The summed E-state index contributed by atoms with van der Waals surface area (Å²) in [6.45, 7) is 3.70. The summed E-state index contributed by atoms with van der Waals surface area (Å²) in [5.41, 5.74) is 0.373. The maximum atomic E-state index is 13.4. The van der Waals surface area contributed by atoms with Crippen LogP contribution < -0.4 is 0 Å². The Labute approximate surface area is 88.7 Å². The van der Waals surface area contributed by atoms with E-state index in [4.69, 9.17) is 0 Å². The molecule has 0 aliphatic rings. The van der Waals surface area contributed by atoms with Gasteiger partial charge in [0.15, 0.2) is 0 Å². The second-order valence-electron chi connectivity index (χ2n) is 3.81. The summed E-state index contributed by atoms with van der Waals surface area (Å²) in [5, 5.41) is 9.70. The first-order valence-corrected chi connectivity index (χ1v) is 5.19. The molecule has 0 saturated heterocycles. The molecule has 2 unspecified atom stereocenters. The summed E-state index contributed by atoms with van der Waals surface area (Å²) >= 11 is 0. The van der Waals surface area contributed by atoms with E-state index in [1.807, 2.05) is 6.92 Å². The van der Waals surface area contributed by atoms with Gasteiger partial charge in [-0.3, -0.25) is 0 Å². The summed E-state index contributed by atoms with van der Waals surface area (Å²) in [4.78, 5) is 0. The van der Waals surface area contributed by atoms with Gasteiger partial charge >= 0.3 is 0 Å². The van der Waals surface area contributed by atoms with Gasteiger partial charge in [-0.1, -0.05) is 26.3 Å². The van der Waals surface area contributed by atoms with Crippen LogP contribution >= 0.6 is 0 Å². The molecule has 0 aromatic heterocycles. The van der Waals surface area contributed by atoms with Gasteiger partial charge in [-0.05, 0) is 18.1 Å². The maximum absolute atomic E-state index is 13.4. The van der Waals surface area contributed by atoms with Crippen molar-refractivity contribution in [2.45, 2.75) is 38.7 Å². The molecule has 0 amide bonds. The zero-order valence-corrected chi connectivity index (χ0v) is 9.00. The Hall–Kier alpha value is -0.960. The van der Waals surface area contributed by atoms with Crippen molar-refractivity contribution in [1.29, 1.82) is 0 Å². The fraction of sp³-hybridized carbons (Fsp3) is 0.500. The van der Waals surface area contributed by atoms with Crippen molar-refractivity contribution in [1.82, 2.24) is 0 Å². The predicted molar refractivity (Wildman–Crippen MR) is 55.7 cm³/mol. The number of aliphatic hydroxyl groups is 1. The fourth-order valence-electron chi connectivity index (χ4n) is 1.62. The van der Waals surface area contributed by atoms with Gasteiger partial charge in [-0.15, -0.1) is 0 Å². The van der Waals surface area contributed by atoms with E-state index in [1.54, 1.807) is 6.92 Å². The number of aliphatic hydroxyl groups excluding tert-OH is 1. The lowest BCUT2D eigenvalue weighted by Gasteiger charge is -2.19. The topological polar surface area (TPSA) is 20.2 Å². The minimum atomic E-state index is -0.589. The Morgan fingerprint density at radius 3 is 2.53 bits per heavy atom. The highest BCUT2D eigenvalue weighted by Crippen LogP contribution is 2.24. The minimum absolute atomic E-state index is 0.300. The third-order valence-electron chi connectivity index (χ3n) is 2.61. The number of rotatable bonds is 4. The molecule has 0 radical (unpaired) electrons. The Balaban J connectivity index is 2.86. The number of hydrogen-bond donors (Lipinski definition) is 1. The molecule has 0 bridgehead atoms. The molecular formula is C12H16F2O. The van der Waals surface area contributed by atoms with Crippen LogP contribution in [-0.2, 0) is 0 Å². The van der Waals surface area contributed by atoms with Crippen molar-refractivity contribution in [3.63, 3.8) is 0 Å². The average molecular weight is 214 g/mol. The zero-order valence-electron chi connectivity index (χ0n) is 9.00. The molecular weight excluding hydrogens is 198 g/mol. The van der Waals surface area contributed by atoms with Crippen LogP contribution in [0.1, 0.15) is 38.2 Å². The molecule has 15 heavy (non-hydrogen) atoms. The first-order valence-electron chi connectivity index (χ1n) is 5.19. The Morgan fingerprint density at radius 1 is 1.33 bits per heavy atom.